The molecule has 4 nitrogen and oxygen atoms in total. The van der Waals surface area contributed by atoms with E-state index in [1.807, 2.05) is 42.0 Å². The van der Waals surface area contributed by atoms with Crippen molar-refractivity contribution in [3.63, 3.8) is 0 Å². The molecule has 0 amide bonds. The Balaban J connectivity index is 2.12. The summed E-state index contributed by atoms with van der Waals surface area (Å²) in [6, 6.07) is 7.57. The number of anilines is 1. The molecule has 0 aliphatic heterocycles. The highest BCUT2D eigenvalue weighted by atomic mass is 35.5. The number of imidazole rings is 1. The van der Waals surface area contributed by atoms with Crippen LogP contribution in [0.3, 0.4) is 0 Å². The van der Waals surface area contributed by atoms with Crippen LogP contribution in [0.1, 0.15) is 11.1 Å². The minimum atomic E-state index is 0.494. The molecule has 5 heteroatoms. The second-order valence-corrected chi connectivity index (χ2v) is 4.93. The van der Waals surface area contributed by atoms with E-state index in [-0.39, 0.29) is 0 Å². The highest BCUT2D eigenvalue weighted by Crippen LogP contribution is 2.23. The van der Waals surface area contributed by atoms with Crippen molar-refractivity contribution in [1.82, 2.24) is 14.5 Å². The van der Waals surface area contributed by atoms with E-state index in [0.29, 0.717) is 17.5 Å². The molecule has 19 heavy (non-hydrogen) atoms. The number of hydrogen-bond acceptors (Lipinski definition) is 3. The number of nitrogen functional groups attached to an aromatic ring is 1. The van der Waals surface area contributed by atoms with Crippen molar-refractivity contribution in [1.29, 1.82) is 0 Å². The van der Waals surface area contributed by atoms with E-state index in [0.717, 1.165) is 16.6 Å². The van der Waals surface area contributed by atoms with Gasteiger partial charge in [0.25, 0.3) is 0 Å². The molecular weight excluding hydrogens is 260 g/mol. The first-order valence-electron chi connectivity index (χ1n) is 5.96. The summed E-state index contributed by atoms with van der Waals surface area (Å²) in [7, 11) is 0. The summed E-state index contributed by atoms with van der Waals surface area (Å²) in [5, 5.41) is 0.681. The monoisotopic (exact) mass is 272 g/mol. The molecule has 96 valence electrons. The zero-order valence-electron chi connectivity index (χ0n) is 10.5. The molecule has 2 N–H and O–H groups in total. The van der Waals surface area contributed by atoms with Gasteiger partial charge in [-0.2, -0.15) is 0 Å². The van der Waals surface area contributed by atoms with Gasteiger partial charge in [0.2, 0.25) is 5.95 Å². The molecule has 0 bridgehead atoms. The average Bonchev–Trinajstić information content (AvgIpc) is 2.69. The van der Waals surface area contributed by atoms with Gasteiger partial charge in [0.15, 0.2) is 0 Å². The molecule has 2 heterocycles. The lowest BCUT2D eigenvalue weighted by Crippen LogP contribution is -2.05. The number of nitrogens with two attached hydrogens (primary N) is 1. The highest BCUT2D eigenvalue weighted by Gasteiger charge is 2.10. The van der Waals surface area contributed by atoms with Crippen molar-refractivity contribution in [2.24, 2.45) is 0 Å². The second-order valence-electron chi connectivity index (χ2n) is 4.49. The Kier molecular flexibility index (Phi) is 2.87. The van der Waals surface area contributed by atoms with Crippen LogP contribution in [-0.2, 0) is 6.54 Å². The largest absolute Gasteiger partial charge is 0.369 e. The van der Waals surface area contributed by atoms with Crippen LogP contribution in [0.4, 0.5) is 5.95 Å². The third-order valence-electron chi connectivity index (χ3n) is 3.20. The molecule has 3 rings (SSSR count). The van der Waals surface area contributed by atoms with Crippen LogP contribution in [0.15, 0.2) is 36.7 Å². The van der Waals surface area contributed by atoms with Crippen molar-refractivity contribution >= 4 is 28.6 Å². The van der Waals surface area contributed by atoms with Crippen molar-refractivity contribution in [3.8, 4) is 0 Å². The summed E-state index contributed by atoms with van der Waals surface area (Å²) in [6.07, 6.45) is 3.63. The van der Waals surface area contributed by atoms with Crippen molar-refractivity contribution in [3.05, 3.63) is 52.8 Å². The molecule has 0 radical (unpaired) electrons. The van der Waals surface area contributed by atoms with E-state index < -0.39 is 0 Å². The zero-order valence-corrected chi connectivity index (χ0v) is 11.2. The fourth-order valence-electron chi connectivity index (χ4n) is 2.13. The second kappa shape index (κ2) is 4.55. The molecule has 0 atom stereocenters. The summed E-state index contributed by atoms with van der Waals surface area (Å²) in [5.41, 5.74) is 10.1. The molecule has 1 aromatic carbocycles. The van der Waals surface area contributed by atoms with Gasteiger partial charge in [-0.25, -0.2) is 4.98 Å². The Morgan fingerprint density at radius 3 is 2.95 bits per heavy atom. The number of nitrogens with zero attached hydrogens (tertiary/aromatic N) is 3. The number of pyridine rings is 1. The van der Waals surface area contributed by atoms with Crippen molar-refractivity contribution in [2.45, 2.75) is 13.5 Å². The Morgan fingerprint density at radius 2 is 2.16 bits per heavy atom. The molecule has 0 aliphatic rings. The lowest BCUT2D eigenvalue weighted by molar-refractivity contribution is 0.829. The lowest BCUT2D eigenvalue weighted by atomic mass is 10.1. The summed E-state index contributed by atoms with van der Waals surface area (Å²) in [6.45, 7) is 2.70. The summed E-state index contributed by atoms with van der Waals surface area (Å²) >= 11 is 6.04. The number of rotatable bonds is 2. The standard InChI is InChI=1S/C14H13ClN4/c1-9-7-17-5-4-10(9)8-19-13-6-11(15)2-3-12(13)18-14(19)16/h2-7H,8H2,1H3,(H2,16,18). The third kappa shape index (κ3) is 2.15. The normalized spacial score (nSPS) is 11.1. The Bertz CT molecular complexity index is 748. The Hall–Kier alpha value is -2.07. The number of hydrogen-bond donors (Lipinski definition) is 1. The summed E-state index contributed by atoms with van der Waals surface area (Å²) < 4.78 is 1.96. The number of halogens is 1. The average molecular weight is 273 g/mol. The lowest BCUT2D eigenvalue weighted by Gasteiger charge is -2.09. The van der Waals surface area contributed by atoms with Crippen LogP contribution >= 0.6 is 11.6 Å². The SMILES string of the molecule is Cc1cnccc1Cn1c(N)nc2ccc(Cl)cc21. The Labute approximate surface area is 115 Å². The quantitative estimate of drug-likeness (QED) is 0.780. The first-order valence-corrected chi connectivity index (χ1v) is 6.33. The number of aromatic nitrogens is 3. The van der Waals surface area contributed by atoms with Gasteiger partial charge in [0.1, 0.15) is 0 Å². The molecule has 0 saturated heterocycles. The van der Waals surface area contributed by atoms with E-state index in [1.54, 1.807) is 6.20 Å². The van der Waals surface area contributed by atoms with Crippen molar-refractivity contribution < 1.29 is 0 Å². The topological polar surface area (TPSA) is 56.7 Å². The van der Waals surface area contributed by atoms with E-state index in [1.165, 1.54) is 5.56 Å². The number of fused-ring (bicyclic) bond motifs is 1. The first kappa shape index (κ1) is 12.0. The van der Waals surface area contributed by atoms with Crippen LogP contribution in [0, 0.1) is 6.92 Å². The fourth-order valence-corrected chi connectivity index (χ4v) is 2.30. The molecule has 3 aromatic rings. The summed E-state index contributed by atoms with van der Waals surface area (Å²) in [5.74, 6) is 0.494. The van der Waals surface area contributed by atoms with Gasteiger partial charge >= 0.3 is 0 Å². The van der Waals surface area contributed by atoms with Crippen LogP contribution < -0.4 is 5.73 Å². The van der Waals surface area contributed by atoms with E-state index in [2.05, 4.69) is 9.97 Å². The maximum absolute atomic E-state index is 6.04. The predicted octanol–water partition coefficient (Wildman–Crippen LogP) is 3.02. The summed E-state index contributed by atoms with van der Waals surface area (Å²) in [4.78, 5) is 8.44. The predicted molar refractivity (Wildman–Crippen MR) is 77.2 cm³/mol. The van der Waals surface area contributed by atoms with Gasteiger partial charge < -0.3 is 10.3 Å². The maximum Gasteiger partial charge on any atom is 0.201 e. The van der Waals surface area contributed by atoms with Crippen molar-refractivity contribution in [2.75, 3.05) is 5.73 Å². The van der Waals surface area contributed by atoms with Gasteiger partial charge in [0.05, 0.1) is 17.6 Å². The minimum Gasteiger partial charge on any atom is -0.369 e. The van der Waals surface area contributed by atoms with Gasteiger partial charge in [-0.3, -0.25) is 4.98 Å². The molecule has 2 aromatic heterocycles. The molecule has 0 fully saturated rings. The van der Waals surface area contributed by atoms with Crippen LogP contribution in [0.5, 0.6) is 0 Å². The number of benzene rings is 1. The van der Waals surface area contributed by atoms with Crippen LogP contribution in [0.2, 0.25) is 5.02 Å². The van der Waals surface area contributed by atoms with Crippen LogP contribution in [-0.4, -0.2) is 14.5 Å². The molecule has 0 aliphatic carbocycles. The van der Waals surface area contributed by atoms with E-state index in [4.69, 9.17) is 17.3 Å². The van der Waals surface area contributed by atoms with Gasteiger partial charge in [-0.1, -0.05) is 11.6 Å². The molecule has 0 spiro atoms. The van der Waals surface area contributed by atoms with Gasteiger partial charge in [0, 0.05) is 17.4 Å². The molecule has 0 unspecified atom stereocenters. The molecular formula is C14H13ClN4. The first-order chi connectivity index (χ1) is 9.15. The van der Waals surface area contributed by atoms with Crippen LogP contribution in [0.25, 0.3) is 11.0 Å². The zero-order chi connectivity index (χ0) is 13.4. The van der Waals surface area contributed by atoms with E-state index >= 15 is 0 Å². The highest BCUT2D eigenvalue weighted by molar-refractivity contribution is 6.31. The fraction of sp³-hybridized carbons (Fsp3) is 0.143. The molecule has 0 saturated carbocycles. The van der Waals surface area contributed by atoms with E-state index in [9.17, 15) is 0 Å². The smallest absolute Gasteiger partial charge is 0.201 e. The third-order valence-corrected chi connectivity index (χ3v) is 3.44. The minimum absolute atomic E-state index is 0.494. The van der Waals surface area contributed by atoms with Gasteiger partial charge in [-0.05, 0) is 42.3 Å². The maximum atomic E-state index is 6.04. The number of aryl methyl sites for hydroxylation is 1. The Morgan fingerprint density at radius 1 is 1.32 bits per heavy atom. The van der Waals surface area contributed by atoms with Gasteiger partial charge in [-0.15, -0.1) is 0 Å².